The maximum atomic E-state index is 11.2. The summed E-state index contributed by atoms with van der Waals surface area (Å²) in [5.74, 6) is 0.281. The van der Waals surface area contributed by atoms with Crippen LogP contribution in [0.3, 0.4) is 0 Å². The second kappa shape index (κ2) is 4.32. The maximum absolute atomic E-state index is 11.2. The third kappa shape index (κ3) is 1.85. The van der Waals surface area contributed by atoms with Crippen molar-refractivity contribution < 1.29 is 4.79 Å². The number of aliphatic imine (C=N–C) groups is 2. The Hall–Kier alpha value is -1.97. The molecule has 4 heteroatoms. The molecule has 0 aromatic rings. The number of likely N-dealkylation sites (N-methyl/N-ethyl adjacent to an activating group) is 1. The maximum Gasteiger partial charge on any atom is 0.269 e. The minimum Gasteiger partial charge on any atom is -0.307 e. The molecule has 0 bridgehead atoms. The van der Waals surface area contributed by atoms with Crippen molar-refractivity contribution in [3.8, 4) is 0 Å². The molecule has 14 heavy (non-hydrogen) atoms. The van der Waals surface area contributed by atoms with E-state index in [4.69, 9.17) is 0 Å². The first-order chi connectivity index (χ1) is 6.70. The van der Waals surface area contributed by atoms with E-state index in [1.807, 2.05) is 0 Å². The molecule has 0 spiro atoms. The second-order valence-corrected chi connectivity index (χ2v) is 2.58. The van der Waals surface area contributed by atoms with E-state index in [0.717, 1.165) is 0 Å². The van der Waals surface area contributed by atoms with Gasteiger partial charge in [0, 0.05) is 13.2 Å². The van der Waals surface area contributed by atoms with Gasteiger partial charge in [0.25, 0.3) is 5.91 Å². The number of hydrogen-bond acceptors (Lipinski definition) is 2. The molecular weight excluding hydrogens is 178 g/mol. The lowest BCUT2D eigenvalue weighted by molar-refractivity contribution is -0.120. The lowest BCUT2D eigenvalue weighted by Crippen LogP contribution is -2.34. The molecule has 1 heterocycles. The van der Waals surface area contributed by atoms with Crippen LogP contribution in [0.2, 0.25) is 0 Å². The van der Waals surface area contributed by atoms with Crippen molar-refractivity contribution in [1.29, 1.82) is 0 Å². The van der Waals surface area contributed by atoms with Gasteiger partial charge in [-0.15, -0.1) is 0 Å². The van der Waals surface area contributed by atoms with Crippen LogP contribution in [-0.4, -0.2) is 29.9 Å². The number of hydrogen-bond donors (Lipinski definition) is 0. The molecule has 0 aromatic heterocycles. The van der Waals surface area contributed by atoms with Gasteiger partial charge in [0.1, 0.15) is 0 Å². The first-order valence-corrected chi connectivity index (χ1v) is 4.04. The Balaban J connectivity index is 3.19. The predicted molar refractivity (Wildman–Crippen MR) is 57.2 cm³/mol. The fourth-order valence-corrected chi connectivity index (χ4v) is 1.02. The molecule has 1 aliphatic heterocycles. The predicted octanol–water partition coefficient (Wildman–Crippen LogP) is 1.14. The van der Waals surface area contributed by atoms with Crippen molar-refractivity contribution >= 4 is 18.0 Å². The number of amidine groups is 1. The van der Waals surface area contributed by atoms with Gasteiger partial charge in [0.15, 0.2) is 5.84 Å². The Morgan fingerprint density at radius 1 is 1.57 bits per heavy atom. The van der Waals surface area contributed by atoms with Crippen LogP contribution in [0, 0.1) is 0 Å². The quantitative estimate of drug-likeness (QED) is 0.642. The molecule has 0 radical (unpaired) electrons. The molecule has 0 aliphatic carbocycles. The number of nitrogens with zero attached hydrogens (tertiary/aromatic N) is 3. The highest BCUT2D eigenvalue weighted by Crippen LogP contribution is 2.10. The number of carbonyl (C=O) groups is 1. The van der Waals surface area contributed by atoms with Crippen LogP contribution in [0.4, 0.5) is 0 Å². The summed E-state index contributed by atoms with van der Waals surface area (Å²) >= 11 is 0. The van der Waals surface area contributed by atoms with Crippen molar-refractivity contribution in [1.82, 2.24) is 4.90 Å². The van der Waals surface area contributed by atoms with Crippen LogP contribution in [0.25, 0.3) is 0 Å². The van der Waals surface area contributed by atoms with Gasteiger partial charge < -0.3 is 4.90 Å². The van der Waals surface area contributed by atoms with Gasteiger partial charge in [-0.3, -0.25) is 4.79 Å². The van der Waals surface area contributed by atoms with E-state index < -0.39 is 0 Å². The molecule has 0 unspecified atom stereocenters. The van der Waals surface area contributed by atoms with Crippen molar-refractivity contribution in [2.24, 2.45) is 9.98 Å². The Kier molecular flexibility index (Phi) is 3.12. The lowest BCUT2D eigenvalue weighted by atomic mass is 10.3. The number of amides is 1. The minimum atomic E-state index is -0.180. The fourth-order valence-electron chi connectivity index (χ4n) is 1.02. The van der Waals surface area contributed by atoms with Gasteiger partial charge in [-0.25, -0.2) is 9.98 Å². The molecule has 1 rings (SSSR count). The lowest BCUT2D eigenvalue weighted by Gasteiger charge is -2.21. The van der Waals surface area contributed by atoms with Crippen LogP contribution in [0.5, 0.6) is 0 Å². The standard InChI is InChI=1S/C10H11N3O/c1-4-6-8-10(11-5-2)12-7-9(14)13(8)3/h4-7H,1-2H2,3H3/b8-6+,11-10+. The summed E-state index contributed by atoms with van der Waals surface area (Å²) in [4.78, 5) is 20.5. The Morgan fingerprint density at radius 3 is 2.86 bits per heavy atom. The van der Waals surface area contributed by atoms with E-state index in [2.05, 4.69) is 23.1 Å². The van der Waals surface area contributed by atoms with E-state index >= 15 is 0 Å². The molecule has 1 aliphatic rings. The SMILES string of the molecule is C=C/C=C1\C(=N/C=C)N=CC(=O)N1C. The number of allylic oxidation sites excluding steroid dienone is 2. The number of rotatable bonds is 2. The van der Waals surface area contributed by atoms with Crippen LogP contribution in [-0.2, 0) is 4.79 Å². The van der Waals surface area contributed by atoms with Gasteiger partial charge in [-0.05, 0) is 6.08 Å². The highest BCUT2D eigenvalue weighted by Gasteiger charge is 2.20. The molecule has 4 nitrogen and oxygen atoms in total. The average Bonchev–Trinajstić information content (AvgIpc) is 2.18. The third-order valence-corrected chi connectivity index (χ3v) is 1.71. The monoisotopic (exact) mass is 189 g/mol. The van der Waals surface area contributed by atoms with Crippen molar-refractivity contribution in [2.45, 2.75) is 0 Å². The normalized spacial score (nSPS) is 21.8. The van der Waals surface area contributed by atoms with E-state index in [1.165, 1.54) is 17.3 Å². The van der Waals surface area contributed by atoms with Crippen molar-refractivity contribution in [3.63, 3.8) is 0 Å². The van der Waals surface area contributed by atoms with Gasteiger partial charge in [-0.1, -0.05) is 19.2 Å². The van der Waals surface area contributed by atoms with Crippen LogP contribution in [0.1, 0.15) is 0 Å². The molecule has 0 saturated heterocycles. The van der Waals surface area contributed by atoms with E-state index in [-0.39, 0.29) is 5.91 Å². The Bertz CT molecular complexity index is 364. The summed E-state index contributed by atoms with van der Waals surface area (Å²) in [6.07, 6.45) is 5.87. The molecule has 0 atom stereocenters. The van der Waals surface area contributed by atoms with Gasteiger partial charge in [0.2, 0.25) is 0 Å². The second-order valence-electron chi connectivity index (χ2n) is 2.58. The van der Waals surface area contributed by atoms with Crippen LogP contribution in [0.15, 0.2) is 47.2 Å². The molecular formula is C10H11N3O. The molecule has 0 N–H and O–H groups in total. The highest BCUT2D eigenvalue weighted by molar-refractivity contribution is 6.33. The molecule has 0 aromatic carbocycles. The summed E-state index contributed by atoms with van der Waals surface area (Å²) in [5, 5.41) is 0. The summed E-state index contributed by atoms with van der Waals surface area (Å²) in [6.45, 7) is 7.04. The largest absolute Gasteiger partial charge is 0.307 e. The molecule has 1 amide bonds. The molecule has 0 fully saturated rings. The smallest absolute Gasteiger partial charge is 0.269 e. The van der Waals surface area contributed by atoms with Crippen LogP contribution < -0.4 is 0 Å². The summed E-state index contributed by atoms with van der Waals surface area (Å²) in [6, 6.07) is 0. The zero-order valence-corrected chi connectivity index (χ0v) is 7.97. The van der Waals surface area contributed by atoms with E-state index in [9.17, 15) is 4.79 Å². The average molecular weight is 189 g/mol. The zero-order valence-electron chi connectivity index (χ0n) is 7.97. The van der Waals surface area contributed by atoms with Crippen molar-refractivity contribution in [3.05, 3.63) is 37.2 Å². The molecule has 72 valence electrons. The van der Waals surface area contributed by atoms with Gasteiger partial charge in [-0.2, -0.15) is 0 Å². The number of carbonyl (C=O) groups excluding carboxylic acids is 1. The van der Waals surface area contributed by atoms with E-state index in [1.54, 1.807) is 19.2 Å². The highest BCUT2D eigenvalue weighted by atomic mass is 16.2. The fraction of sp³-hybridized carbons (Fsp3) is 0.100. The summed E-state index contributed by atoms with van der Waals surface area (Å²) in [7, 11) is 1.65. The third-order valence-electron chi connectivity index (χ3n) is 1.71. The van der Waals surface area contributed by atoms with Gasteiger partial charge in [0.05, 0.1) is 11.9 Å². The summed E-state index contributed by atoms with van der Waals surface area (Å²) < 4.78 is 0. The van der Waals surface area contributed by atoms with Gasteiger partial charge >= 0.3 is 0 Å². The van der Waals surface area contributed by atoms with Crippen molar-refractivity contribution in [2.75, 3.05) is 7.05 Å². The Labute approximate surface area is 82.7 Å². The molecule has 0 saturated carbocycles. The van der Waals surface area contributed by atoms with E-state index in [0.29, 0.717) is 11.5 Å². The summed E-state index contributed by atoms with van der Waals surface area (Å²) in [5.41, 5.74) is 0.618. The minimum absolute atomic E-state index is 0.180. The first kappa shape index (κ1) is 10.1. The first-order valence-electron chi connectivity index (χ1n) is 4.04. The zero-order chi connectivity index (χ0) is 10.6. The Morgan fingerprint density at radius 2 is 2.29 bits per heavy atom. The van der Waals surface area contributed by atoms with Crippen LogP contribution >= 0.6 is 0 Å². The topological polar surface area (TPSA) is 45.0 Å².